The van der Waals surface area contributed by atoms with Crippen LogP contribution in [0.5, 0.6) is 5.75 Å². The lowest BCUT2D eigenvalue weighted by Gasteiger charge is -2.39. The van der Waals surface area contributed by atoms with Crippen LogP contribution in [0.1, 0.15) is 47.4 Å². The summed E-state index contributed by atoms with van der Waals surface area (Å²) in [4.78, 5) is 14.7. The second-order valence-electron chi connectivity index (χ2n) is 8.20. The molecule has 3 heterocycles. The van der Waals surface area contributed by atoms with Crippen molar-refractivity contribution in [3.8, 4) is 5.75 Å². The van der Waals surface area contributed by atoms with Crippen molar-refractivity contribution in [1.82, 2.24) is 20.4 Å². The lowest BCUT2D eigenvalue weighted by atomic mass is 9.88. The number of carbonyl (C=O) groups is 1. The fourth-order valence-electron chi connectivity index (χ4n) is 4.43. The van der Waals surface area contributed by atoms with Gasteiger partial charge in [0.05, 0.1) is 18.8 Å². The van der Waals surface area contributed by atoms with E-state index < -0.39 is 0 Å². The Morgan fingerprint density at radius 1 is 1.34 bits per heavy atom. The van der Waals surface area contributed by atoms with E-state index in [1.54, 1.807) is 13.2 Å². The SMILES string of the molecule is COc1ccccc1CN1CCC2(CCC(CNC(=O)c3cc(C)[nH]n3)O2)CC1. The smallest absolute Gasteiger partial charge is 0.271 e. The molecule has 29 heavy (non-hydrogen) atoms. The number of amides is 1. The van der Waals surface area contributed by atoms with E-state index >= 15 is 0 Å². The zero-order valence-electron chi connectivity index (χ0n) is 17.2. The highest BCUT2D eigenvalue weighted by Crippen LogP contribution is 2.39. The van der Waals surface area contributed by atoms with Crippen LogP contribution in [0.15, 0.2) is 30.3 Å². The fourth-order valence-corrected chi connectivity index (χ4v) is 4.43. The van der Waals surface area contributed by atoms with Gasteiger partial charge in [0.15, 0.2) is 0 Å². The lowest BCUT2D eigenvalue weighted by molar-refractivity contribution is -0.0765. The summed E-state index contributed by atoms with van der Waals surface area (Å²) in [5.74, 6) is 0.804. The van der Waals surface area contributed by atoms with Crippen LogP contribution in [0.25, 0.3) is 0 Å². The number of aromatic nitrogens is 2. The molecule has 156 valence electrons. The van der Waals surface area contributed by atoms with E-state index in [0.717, 1.165) is 56.8 Å². The summed E-state index contributed by atoms with van der Waals surface area (Å²) in [5, 5.41) is 9.76. The van der Waals surface area contributed by atoms with Gasteiger partial charge in [0.1, 0.15) is 11.4 Å². The van der Waals surface area contributed by atoms with Crippen molar-refractivity contribution in [1.29, 1.82) is 0 Å². The van der Waals surface area contributed by atoms with Crippen molar-refractivity contribution < 1.29 is 14.3 Å². The Labute approximate surface area is 171 Å². The molecule has 7 heteroatoms. The summed E-state index contributed by atoms with van der Waals surface area (Å²) in [6, 6.07) is 9.97. The quantitative estimate of drug-likeness (QED) is 0.782. The second kappa shape index (κ2) is 8.55. The zero-order valence-corrected chi connectivity index (χ0v) is 17.2. The Kier molecular flexibility index (Phi) is 5.87. The third kappa shape index (κ3) is 4.62. The average molecular weight is 399 g/mol. The van der Waals surface area contributed by atoms with E-state index in [1.807, 2.05) is 19.1 Å². The van der Waals surface area contributed by atoms with Crippen molar-refractivity contribution in [3.05, 3.63) is 47.3 Å². The highest BCUT2D eigenvalue weighted by atomic mass is 16.5. The minimum absolute atomic E-state index is 0.0322. The van der Waals surface area contributed by atoms with Crippen LogP contribution in [0.2, 0.25) is 0 Å². The molecule has 4 rings (SSSR count). The van der Waals surface area contributed by atoms with Crippen LogP contribution in [0.4, 0.5) is 0 Å². The number of hydrogen-bond acceptors (Lipinski definition) is 5. The Hall–Kier alpha value is -2.38. The number of rotatable bonds is 6. The maximum atomic E-state index is 12.2. The van der Waals surface area contributed by atoms with Gasteiger partial charge in [-0.2, -0.15) is 5.10 Å². The predicted octanol–water partition coefficient (Wildman–Crippen LogP) is 2.67. The summed E-state index contributed by atoms with van der Waals surface area (Å²) >= 11 is 0. The van der Waals surface area contributed by atoms with Crippen LogP contribution in [0.3, 0.4) is 0 Å². The molecule has 1 atom stereocenters. The zero-order chi connectivity index (χ0) is 20.3. The molecule has 0 aliphatic carbocycles. The number of hydrogen-bond donors (Lipinski definition) is 2. The first-order chi connectivity index (χ1) is 14.1. The van der Waals surface area contributed by atoms with Crippen LogP contribution >= 0.6 is 0 Å². The van der Waals surface area contributed by atoms with Gasteiger partial charge in [0, 0.05) is 37.4 Å². The highest BCUT2D eigenvalue weighted by Gasteiger charge is 2.42. The molecule has 1 aromatic heterocycles. The molecule has 0 saturated carbocycles. The number of carbonyl (C=O) groups excluding carboxylic acids is 1. The molecular weight excluding hydrogens is 368 g/mol. The van der Waals surface area contributed by atoms with E-state index in [1.165, 1.54) is 5.56 Å². The number of ether oxygens (including phenoxy) is 2. The monoisotopic (exact) mass is 398 g/mol. The van der Waals surface area contributed by atoms with Crippen molar-refractivity contribution >= 4 is 5.91 Å². The summed E-state index contributed by atoms with van der Waals surface area (Å²) in [5.41, 5.74) is 2.51. The van der Waals surface area contributed by atoms with Gasteiger partial charge in [-0.3, -0.25) is 14.8 Å². The number of likely N-dealkylation sites (tertiary alicyclic amines) is 1. The van der Waals surface area contributed by atoms with Gasteiger partial charge in [-0.05, 0) is 44.7 Å². The van der Waals surface area contributed by atoms with Gasteiger partial charge in [-0.1, -0.05) is 18.2 Å². The number of piperidine rings is 1. The first-order valence-corrected chi connectivity index (χ1v) is 10.4. The number of para-hydroxylation sites is 1. The number of nitrogens with zero attached hydrogens (tertiary/aromatic N) is 2. The van der Waals surface area contributed by atoms with Crippen molar-refractivity contribution in [2.75, 3.05) is 26.7 Å². The summed E-state index contributed by atoms with van der Waals surface area (Å²) in [6.45, 7) is 5.36. The molecule has 1 unspecified atom stereocenters. The Balaban J connectivity index is 1.24. The number of H-pyrrole nitrogens is 1. The third-order valence-electron chi connectivity index (χ3n) is 6.12. The standard InChI is InChI=1S/C22H30N4O3/c1-16-13-19(25-24-16)21(27)23-14-18-7-8-22(29-18)9-11-26(12-10-22)15-17-5-3-4-6-20(17)28-2/h3-6,13,18H,7-12,14-15H2,1-2H3,(H,23,27)(H,24,25). The topological polar surface area (TPSA) is 79.5 Å². The maximum absolute atomic E-state index is 12.2. The Morgan fingerprint density at radius 2 is 2.14 bits per heavy atom. The molecule has 2 aromatic rings. The van der Waals surface area contributed by atoms with Gasteiger partial charge < -0.3 is 14.8 Å². The molecule has 2 N–H and O–H groups in total. The lowest BCUT2D eigenvalue weighted by Crippen LogP contribution is -2.44. The maximum Gasteiger partial charge on any atom is 0.271 e. The fraction of sp³-hybridized carbons (Fsp3) is 0.545. The minimum atomic E-state index is -0.148. The third-order valence-corrected chi connectivity index (χ3v) is 6.12. The summed E-state index contributed by atoms with van der Waals surface area (Å²) < 4.78 is 11.9. The van der Waals surface area contributed by atoms with Crippen LogP contribution in [-0.4, -0.2) is 59.5 Å². The van der Waals surface area contributed by atoms with E-state index in [4.69, 9.17) is 9.47 Å². The van der Waals surface area contributed by atoms with Gasteiger partial charge >= 0.3 is 0 Å². The molecule has 0 radical (unpaired) electrons. The van der Waals surface area contributed by atoms with Crippen molar-refractivity contribution in [3.63, 3.8) is 0 Å². The van der Waals surface area contributed by atoms with E-state index in [-0.39, 0.29) is 17.6 Å². The van der Waals surface area contributed by atoms with E-state index in [2.05, 4.69) is 32.5 Å². The molecule has 0 bridgehead atoms. The largest absolute Gasteiger partial charge is 0.496 e. The molecule has 2 aliphatic rings. The molecule has 1 spiro atoms. The van der Waals surface area contributed by atoms with Crippen LogP contribution < -0.4 is 10.1 Å². The first-order valence-electron chi connectivity index (χ1n) is 10.4. The number of aromatic amines is 1. The first kappa shape index (κ1) is 19.9. The van der Waals surface area contributed by atoms with Gasteiger partial charge in [-0.15, -0.1) is 0 Å². The van der Waals surface area contributed by atoms with Gasteiger partial charge in [-0.25, -0.2) is 0 Å². The molecule has 2 aliphatic heterocycles. The minimum Gasteiger partial charge on any atom is -0.496 e. The van der Waals surface area contributed by atoms with Gasteiger partial charge in [0.2, 0.25) is 0 Å². The Morgan fingerprint density at radius 3 is 2.86 bits per heavy atom. The van der Waals surface area contributed by atoms with E-state index in [9.17, 15) is 4.79 Å². The molecule has 7 nitrogen and oxygen atoms in total. The number of methoxy groups -OCH3 is 1. The summed E-state index contributed by atoms with van der Waals surface area (Å²) in [7, 11) is 1.72. The van der Waals surface area contributed by atoms with Crippen LogP contribution in [0, 0.1) is 6.92 Å². The molecule has 2 saturated heterocycles. The predicted molar refractivity (Wildman–Crippen MR) is 110 cm³/mol. The molecule has 2 fully saturated rings. The van der Waals surface area contributed by atoms with E-state index in [0.29, 0.717) is 12.2 Å². The molecule has 1 amide bonds. The Bertz CT molecular complexity index is 842. The second-order valence-corrected chi connectivity index (χ2v) is 8.20. The molecule has 1 aromatic carbocycles. The number of benzene rings is 1. The number of nitrogens with one attached hydrogen (secondary N) is 2. The highest BCUT2D eigenvalue weighted by molar-refractivity contribution is 5.92. The van der Waals surface area contributed by atoms with Crippen LogP contribution in [-0.2, 0) is 11.3 Å². The number of aryl methyl sites for hydroxylation is 1. The van der Waals surface area contributed by atoms with Gasteiger partial charge in [0.25, 0.3) is 5.91 Å². The normalized spacial score (nSPS) is 21.4. The molecular formula is C22H30N4O3. The summed E-state index contributed by atoms with van der Waals surface area (Å²) in [6.07, 6.45) is 4.21. The average Bonchev–Trinajstić information content (AvgIpc) is 3.35. The van der Waals surface area contributed by atoms with Crippen molar-refractivity contribution in [2.24, 2.45) is 0 Å². The van der Waals surface area contributed by atoms with Crippen molar-refractivity contribution in [2.45, 2.75) is 50.9 Å².